The Morgan fingerprint density at radius 3 is 2.61 bits per heavy atom. The van der Waals surface area contributed by atoms with Crippen molar-refractivity contribution < 1.29 is 14.3 Å². The molecule has 0 aliphatic heterocycles. The van der Waals surface area contributed by atoms with Crippen molar-refractivity contribution in [2.75, 3.05) is 12.4 Å². The Morgan fingerprint density at radius 1 is 1.13 bits per heavy atom. The summed E-state index contributed by atoms with van der Waals surface area (Å²) >= 11 is 1.41. The highest BCUT2D eigenvalue weighted by Gasteiger charge is 2.17. The van der Waals surface area contributed by atoms with Crippen LogP contribution in [0.4, 0.5) is 5.13 Å². The molecule has 2 aromatic heterocycles. The number of aromatic nitrogens is 2. The first-order valence-corrected chi connectivity index (χ1v) is 10.8. The Balaban J connectivity index is 1.52. The van der Waals surface area contributed by atoms with Crippen LogP contribution in [0.3, 0.4) is 0 Å². The number of nitrogens with one attached hydrogen (secondary N) is 1. The van der Waals surface area contributed by atoms with Crippen LogP contribution < -0.4 is 10.1 Å². The lowest BCUT2D eigenvalue weighted by molar-refractivity contribution is -0.116. The Morgan fingerprint density at radius 2 is 1.90 bits per heavy atom. The molecule has 1 N–H and O–H groups in total. The van der Waals surface area contributed by atoms with Gasteiger partial charge >= 0.3 is 0 Å². The SMILES string of the molecule is COc1ccc2nc(NC(=O)CCn3c(-c4ccccc4)cc(C(C)=O)c3C)sc2c1. The van der Waals surface area contributed by atoms with Crippen molar-refractivity contribution in [2.45, 2.75) is 26.8 Å². The summed E-state index contributed by atoms with van der Waals surface area (Å²) in [5.74, 6) is 0.650. The number of Topliss-reactive ketones (excluding diaryl/α,β-unsaturated/α-hetero) is 1. The van der Waals surface area contributed by atoms with Crippen molar-refractivity contribution in [3.05, 3.63) is 65.9 Å². The van der Waals surface area contributed by atoms with Gasteiger partial charge in [0, 0.05) is 29.9 Å². The quantitative estimate of drug-likeness (QED) is 0.401. The second kappa shape index (κ2) is 8.73. The number of amides is 1. The number of anilines is 1. The highest BCUT2D eigenvalue weighted by molar-refractivity contribution is 7.22. The fourth-order valence-corrected chi connectivity index (χ4v) is 4.53. The molecule has 0 fully saturated rings. The largest absolute Gasteiger partial charge is 0.497 e. The lowest BCUT2D eigenvalue weighted by Gasteiger charge is -2.12. The molecular weight excluding hydrogens is 410 g/mol. The Hall–Kier alpha value is -3.45. The fourth-order valence-electron chi connectivity index (χ4n) is 3.62. The number of fused-ring (bicyclic) bond motifs is 1. The van der Waals surface area contributed by atoms with Crippen molar-refractivity contribution in [1.82, 2.24) is 9.55 Å². The second-order valence-electron chi connectivity index (χ2n) is 7.25. The van der Waals surface area contributed by atoms with Crippen LogP contribution in [-0.2, 0) is 11.3 Å². The lowest BCUT2D eigenvalue weighted by atomic mass is 10.1. The molecule has 7 heteroatoms. The standard InChI is InChI=1S/C24H23N3O3S/c1-15-19(16(2)28)14-21(17-7-5-4-6-8-17)27(15)12-11-23(29)26-24-25-20-10-9-18(30-3)13-22(20)31-24/h4-10,13-14H,11-12H2,1-3H3,(H,25,26,29). The van der Waals surface area contributed by atoms with Crippen LogP contribution in [0.15, 0.2) is 54.6 Å². The maximum Gasteiger partial charge on any atom is 0.227 e. The molecule has 0 saturated heterocycles. The van der Waals surface area contributed by atoms with Crippen molar-refractivity contribution in [3.63, 3.8) is 0 Å². The number of hydrogen-bond donors (Lipinski definition) is 1. The predicted octanol–water partition coefficient (Wildman–Crippen LogP) is 5.31. The molecule has 4 aromatic rings. The molecule has 158 valence electrons. The van der Waals surface area contributed by atoms with Crippen LogP contribution in [0.25, 0.3) is 21.5 Å². The molecule has 0 aliphatic rings. The summed E-state index contributed by atoms with van der Waals surface area (Å²) in [5, 5.41) is 3.46. The minimum absolute atomic E-state index is 0.0165. The van der Waals surface area contributed by atoms with E-state index < -0.39 is 0 Å². The minimum atomic E-state index is -0.123. The van der Waals surface area contributed by atoms with E-state index in [1.165, 1.54) is 11.3 Å². The van der Waals surface area contributed by atoms with Gasteiger partial charge in [-0.1, -0.05) is 41.7 Å². The maximum absolute atomic E-state index is 12.6. The van der Waals surface area contributed by atoms with E-state index in [2.05, 4.69) is 10.3 Å². The third-order valence-electron chi connectivity index (χ3n) is 5.22. The van der Waals surface area contributed by atoms with Crippen LogP contribution in [0.5, 0.6) is 5.75 Å². The van der Waals surface area contributed by atoms with Crippen LogP contribution in [0.2, 0.25) is 0 Å². The van der Waals surface area contributed by atoms with Crippen LogP contribution in [0.1, 0.15) is 29.4 Å². The molecule has 0 saturated carbocycles. The maximum atomic E-state index is 12.6. The number of rotatable bonds is 7. The lowest BCUT2D eigenvalue weighted by Crippen LogP contribution is -2.15. The van der Waals surface area contributed by atoms with Crippen molar-refractivity contribution in [2.24, 2.45) is 0 Å². The zero-order valence-electron chi connectivity index (χ0n) is 17.6. The van der Waals surface area contributed by atoms with E-state index in [4.69, 9.17) is 4.74 Å². The topological polar surface area (TPSA) is 73.2 Å². The van der Waals surface area contributed by atoms with Gasteiger partial charge in [-0.15, -0.1) is 0 Å². The van der Waals surface area contributed by atoms with Gasteiger partial charge in [0.25, 0.3) is 0 Å². The van der Waals surface area contributed by atoms with Gasteiger partial charge in [-0.2, -0.15) is 0 Å². The summed E-state index contributed by atoms with van der Waals surface area (Å²) in [6, 6.07) is 17.4. The molecule has 2 heterocycles. The zero-order chi connectivity index (χ0) is 22.0. The summed E-state index contributed by atoms with van der Waals surface area (Å²) in [7, 11) is 1.62. The van der Waals surface area contributed by atoms with E-state index in [-0.39, 0.29) is 18.1 Å². The molecule has 6 nitrogen and oxygen atoms in total. The third kappa shape index (κ3) is 4.36. The number of carbonyl (C=O) groups is 2. The first-order valence-electron chi connectivity index (χ1n) is 9.97. The summed E-state index contributed by atoms with van der Waals surface area (Å²) in [6.45, 7) is 3.95. The summed E-state index contributed by atoms with van der Waals surface area (Å²) in [6.07, 6.45) is 0.270. The highest BCUT2D eigenvalue weighted by atomic mass is 32.1. The van der Waals surface area contributed by atoms with Gasteiger partial charge in [-0.05, 0) is 43.7 Å². The Labute approximate surface area is 184 Å². The number of ether oxygens (including phenoxy) is 1. The van der Waals surface area contributed by atoms with Crippen molar-refractivity contribution in [3.8, 4) is 17.0 Å². The van der Waals surface area contributed by atoms with E-state index >= 15 is 0 Å². The molecule has 0 spiro atoms. The molecule has 0 bridgehead atoms. The molecule has 2 aromatic carbocycles. The molecule has 31 heavy (non-hydrogen) atoms. The summed E-state index contributed by atoms with van der Waals surface area (Å²) in [4.78, 5) is 29.2. The molecule has 0 aliphatic carbocycles. The number of hydrogen-bond acceptors (Lipinski definition) is 5. The van der Waals surface area contributed by atoms with Gasteiger partial charge in [-0.25, -0.2) is 4.98 Å². The van der Waals surface area contributed by atoms with E-state index in [1.807, 2.05) is 66.1 Å². The first kappa shape index (κ1) is 20.8. The van der Waals surface area contributed by atoms with Crippen molar-refractivity contribution in [1.29, 1.82) is 0 Å². The number of methoxy groups -OCH3 is 1. The highest BCUT2D eigenvalue weighted by Crippen LogP contribution is 2.30. The van der Waals surface area contributed by atoms with E-state index in [0.29, 0.717) is 17.2 Å². The van der Waals surface area contributed by atoms with Crippen LogP contribution in [0, 0.1) is 6.92 Å². The monoisotopic (exact) mass is 433 g/mol. The zero-order valence-corrected chi connectivity index (χ0v) is 18.5. The molecule has 0 unspecified atom stereocenters. The number of thiazole rings is 1. The van der Waals surface area contributed by atoms with Gasteiger partial charge in [0.2, 0.25) is 5.91 Å². The second-order valence-corrected chi connectivity index (χ2v) is 8.28. The normalized spacial score (nSPS) is 10.9. The van der Waals surface area contributed by atoms with E-state index in [0.717, 1.165) is 32.9 Å². The third-order valence-corrected chi connectivity index (χ3v) is 6.15. The molecule has 0 radical (unpaired) electrons. The molecular formula is C24H23N3O3S. The number of ketones is 1. The number of carbonyl (C=O) groups excluding carboxylic acids is 2. The summed E-state index contributed by atoms with van der Waals surface area (Å²) < 4.78 is 8.23. The van der Waals surface area contributed by atoms with Gasteiger partial charge in [-0.3, -0.25) is 9.59 Å². The van der Waals surface area contributed by atoms with Gasteiger partial charge in [0.05, 0.1) is 17.3 Å². The number of nitrogens with zero attached hydrogens (tertiary/aromatic N) is 2. The smallest absolute Gasteiger partial charge is 0.227 e. The van der Waals surface area contributed by atoms with Gasteiger partial charge < -0.3 is 14.6 Å². The summed E-state index contributed by atoms with van der Waals surface area (Å²) in [5.41, 5.74) is 4.31. The predicted molar refractivity (Wildman–Crippen MR) is 124 cm³/mol. The van der Waals surface area contributed by atoms with Crippen LogP contribution in [-0.4, -0.2) is 28.4 Å². The average Bonchev–Trinajstić information content (AvgIpc) is 3.32. The minimum Gasteiger partial charge on any atom is -0.497 e. The van der Waals surface area contributed by atoms with Crippen molar-refractivity contribution >= 4 is 38.4 Å². The first-order chi connectivity index (χ1) is 15.0. The Kier molecular flexibility index (Phi) is 5.86. The average molecular weight is 434 g/mol. The Bertz CT molecular complexity index is 1260. The fraction of sp³-hybridized carbons (Fsp3) is 0.208. The van der Waals surface area contributed by atoms with Crippen LogP contribution >= 0.6 is 11.3 Å². The van der Waals surface area contributed by atoms with Gasteiger partial charge in [0.15, 0.2) is 10.9 Å². The van der Waals surface area contributed by atoms with E-state index in [9.17, 15) is 9.59 Å². The molecule has 4 rings (SSSR count). The van der Waals surface area contributed by atoms with Gasteiger partial charge in [0.1, 0.15) is 5.75 Å². The molecule has 1 amide bonds. The number of benzene rings is 2. The molecule has 0 atom stereocenters. The van der Waals surface area contributed by atoms with E-state index in [1.54, 1.807) is 14.0 Å².